The fourth-order valence-corrected chi connectivity index (χ4v) is 5.44. The van der Waals surface area contributed by atoms with Gasteiger partial charge in [-0.2, -0.15) is 5.10 Å². The lowest BCUT2D eigenvalue weighted by molar-refractivity contribution is -0.124. The molecule has 0 N–H and O–H groups in total. The van der Waals surface area contributed by atoms with E-state index in [0.29, 0.717) is 0 Å². The van der Waals surface area contributed by atoms with E-state index in [1.165, 1.54) is 36.6 Å². The summed E-state index contributed by atoms with van der Waals surface area (Å²) >= 11 is 1.49. The standard InChI is InChI=1S/C25H26N4OS/c1-17-8-11-20(12-9-17)27-25-29(21-6-4-3-5-7-21)24(30)23(31-25)15-18-10-13-22-19(14-18)16-26-28(22)2/h8-16,21H,3-7H2,1-2H3/b23-15-,27-25?. The van der Waals surface area contributed by atoms with Crippen molar-refractivity contribution in [1.29, 1.82) is 0 Å². The topological polar surface area (TPSA) is 50.5 Å². The first-order valence-corrected chi connectivity index (χ1v) is 11.7. The summed E-state index contributed by atoms with van der Waals surface area (Å²) in [5.41, 5.74) is 4.18. The number of carbonyl (C=O) groups excluding carboxylic acids is 1. The van der Waals surface area contributed by atoms with E-state index in [1.807, 2.05) is 47.1 Å². The highest BCUT2D eigenvalue weighted by Crippen LogP contribution is 2.38. The third-order valence-corrected chi connectivity index (χ3v) is 7.09. The van der Waals surface area contributed by atoms with Crippen molar-refractivity contribution >= 4 is 45.5 Å². The number of benzene rings is 2. The van der Waals surface area contributed by atoms with Crippen molar-refractivity contribution in [2.24, 2.45) is 12.0 Å². The average Bonchev–Trinajstić information content (AvgIpc) is 3.30. The molecule has 0 bridgehead atoms. The van der Waals surface area contributed by atoms with E-state index in [9.17, 15) is 4.79 Å². The van der Waals surface area contributed by atoms with Crippen molar-refractivity contribution in [3.63, 3.8) is 0 Å². The number of carbonyl (C=O) groups is 1. The Morgan fingerprint density at radius 1 is 1.10 bits per heavy atom. The number of hydrogen-bond acceptors (Lipinski definition) is 4. The summed E-state index contributed by atoms with van der Waals surface area (Å²) in [7, 11) is 1.94. The van der Waals surface area contributed by atoms with Gasteiger partial charge in [-0.05, 0) is 67.4 Å². The lowest BCUT2D eigenvalue weighted by Crippen LogP contribution is -2.40. The van der Waals surface area contributed by atoms with Crippen LogP contribution in [0.5, 0.6) is 0 Å². The molecule has 0 unspecified atom stereocenters. The summed E-state index contributed by atoms with van der Waals surface area (Å²) in [6.07, 6.45) is 9.56. The zero-order valence-corrected chi connectivity index (χ0v) is 18.7. The van der Waals surface area contributed by atoms with Gasteiger partial charge < -0.3 is 0 Å². The van der Waals surface area contributed by atoms with Crippen molar-refractivity contribution < 1.29 is 4.79 Å². The number of aliphatic imine (C=N–C) groups is 1. The van der Waals surface area contributed by atoms with Crippen LogP contribution >= 0.6 is 11.8 Å². The molecular weight excluding hydrogens is 404 g/mol. The molecular formula is C25H26N4OS. The Labute approximate surface area is 186 Å². The summed E-state index contributed by atoms with van der Waals surface area (Å²) in [5.74, 6) is 0.0778. The van der Waals surface area contributed by atoms with Gasteiger partial charge in [0.2, 0.25) is 0 Å². The van der Waals surface area contributed by atoms with Crippen molar-refractivity contribution in [1.82, 2.24) is 14.7 Å². The van der Waals surface area contributed by atoms with Crippen molar-refractivity contribution in [3.8, 4) is 0 Å². The van der Waals surface area contributed by atoms with Gasteiger partial charge in [-0.1, -0.05) is 43.0 Å². The third-order valence-electron chi connectivity index (χ3n) is 6.10. The van der Waals surface area contributed by atoms with Gasteiger partial charge in [-0.25, -0.2) is 4.99 Å². The molecule has 0 spiro atoms. The molecule has 1 aliphatic heterocycles. The van der Waals surface area contributed by atoms with E-state index in [0.717, 1.165) is 45.1 Å². The summed E-state index contributed by atoms with van der Waals surface area (Å²) in [4.78, 5) is 21.0. The number of amides is 1. The Kier molecular flexibility index (Phi) is 5.40. The van der Waals surface area contributed by atoms with Gasteiger partial charge in [-0.15, -0.1) is 0 Å². The van der Waals surface area contributed by atoms with Gasteiger partial charge >= 0.3 is 0 Å². The monoisotopic (exact) mass is 430 g/mol. The van der Waals surface area contributed by atoms with Crippen molar-refractivity contribution in [2.45, 2.75) is 45.1 Å². The van der Waals surface area contributed by atoms with Crippen molar-refractivity contribution in [2.75, 3.05) is 0 Å². The molecule has 1 aromatic heterocycles. The maximum atomic E-state index is 13.5. The number of fused-ring (bicyclic) bond motifs is 1. The molecule has 158 valence electrons. The van der Waals surface area contributed by atoms with Gasteiger partial charge in [0, 0.05) is 18.5 Å². The van der Waals surface area contributed by atoms with Crippen LogP contribution in [0.25, 0.3) is 17.0 Å². The molecule has 31 heavy (non-hydrogen) atoms. The molecule has 2 fully saturated rings. The summed E-state index contributed by atoms with van der Waals surface area (Å²) in [6.45, 7) is 2.07. The molecule has 2 aromatic carbocycles. The summed E-state index contributed by atoms with van der Waals surface area (Å²) < 4.78 is 1.86. The lowest BCUT2D eigenvalue weighted by Gasteiger charge is -2.30. The number of aryl methyl sites for hydroxylation is 2. The van der Waals surface area contributed by atoms with Gasteiger partial charge in [0.25, 0.3) is 5.91 Å². The molecule has 2 heterocycles. The van der Waals surface area contributed by atoms with Crippen molar-refractivity contribution in [3.05, 3.63) is 64.7 Å². The zero-order valence-electron chi connectivity index (χ0n) is 17.9. The van der Waals surface area contributed by atoms with Crippen LogP contribution < -0.4 is 0 Å². The van der Waals surface area contributed by atoms with Crippen LogP contribution in [0.3, 0.4) is 0 Å². The van der Waals surface area contributed by atoms with Crippen LogP contribution in [-0.2, 0) is 11.8 Å². The van der Waals surface area contributed by atoms with E-state index in [2.05, 4.69) is 36.3 Å². The number of rotatable bonds is 3. The highest BCUT2D eigenvalue weighted by molar-refractivity contribution is 8.18. The smallest absolute Gasteiger partial charge is 0.267 e. The van der Waals surface area contributed by atoms with Crippen LogP contribution in [0.1, 0.15) is 43.2 Å². The van der Waals surface area contributed by atoms with Crippen LogP contribution in [0.15, 0.2) is 58.6 Å². The van der Waals surface area contributed by atoms with E-state index in [4.69, 9.17) is 4.99 Å². The number of amidine groups is 1. The largest absolute Gasteiger partial charge is 0.283 e. The molecule has 2 aliphatic rings. The Bertz CT molecular complexity index is 1190. The number of hydrogen-bond donors (Lipinski definition) is 0. The Hall–Kier alpha value is -2.86. The molecule has 1 amide bonds. The lowest BCUT2D eigenvalue weighted by atomic mass is 9.94. The Morgan fingerprint density at radius 2 is 1.87 bits per heavy atom. The van der Waals surface area contributed by atoms with E-state index in [1.54, 1.807) is 0 Å². The van der Waals surface area contributed by atoms with Gasteiger partial charge in [0.1, 0.15) is 0 Å². The normalized spacial score (nSPS) is 20.5. The minimum Gasteiger partial charge on any atom is -0.283 e. The first kappa shape index (κ1) is 20.1. The van der Waals surface area contributed by atoms with Crippen LogP contribution in [0.4, 0.5) is 5.69 Å². The molecule has 0 radical (unpaired) electrons. The summed E-state index contributed by atoms with van der Waals surface area (Å²) in [5, 5.41) is 6.19. The molecule has 1 saturated heterocycles. The van der Waals surface area contributed by atoms with Crippen LogP contribution in [0, 0.1) is 6.92 Å². The predicted molar refractivity (Wildman–Crippen MR) is 128 cm³/mol. The fourth-order valence-electron chi connectivity index (χ4n) is 4.38. The highest BCUT2D eigenvalue weighted by atomic mass is 32.2. The second-order valence-corrected chi connectivity index (χ2v) is 9.40. The molecule has 5 rings (SSSR count). The SMILES string of the molecule is Cc1ccc(N=C2S/C(=C\c3ccc4c(cnn4C)c3)C(=O)N2C2CCCCC2)cc1. The van der Waals surface area contributed by atoms with Gasteiger partial charge in [0.05, 0.1) is 22.3 Å². The Morgan fingerprint density at radius 3 is 2.65 bits per heavy atom. The van der Waals surface area contributed by atoms with Crippen LogP contribution in [0.2, 0.25) is 0 Å². The van der Waals surface area contributed by atoms with E-state index < -0.39 is 0 Å². The molecule has 0 atom stereocenters. The first-order chi connectivity index (χ1) is 15.1. The average molecular weight is 431 g/mol. The number of aromatic nitrogens is 2. The Balaban J connectivity index is 1.51. The van der Waals surface area contributed by atoms with Gasteiger partial charge in [-0.3, -0.25) is 14.4 Å². The predicted octanol–water partition coefficient (Wildman–Crippen LogP) is 5.82. The number of nitrogens with zero attached hydrogens (tertiary/aromatic N) is 4. The zero-order chi connectivity index (χ0) is 21.4. The maximum Gasteiger partial charge on any atom is 0.267 e. The fraction of sp³-hybridized carbons (Fsp3) is 0.320. The quantitative estimate of drug-likeness (QED) is 0.492. The molecule has 1 aliphatic carbocycles. The summed E-state index contributed by atoms with van der Waals surface area (Å²) in [6, 6.07) is 14.6. The van der Waals surface area contributed by atoms with Crippen LogP contribution in [-0.4, -0.2) is 31.8 Å². The second kappa shape index (κ2) is 8.35. The first-order valence-electron chi connectivity index (χ1n) is 10.9. The molecule has 6 heteroatoms. The van der Waals surface area contributed by atoms with E-state index >= 15 is 0 Å². The molecule has 5 nitrogen and oxygen atoms in total. The maximum absolute atomic E-state index is 13.5. The number of thioether (sulfide) groups is 1. The molecule has 3 aromatic rings. The minimum atomic E-state index is 0.0778. The van der Waals surface area contributed by atoms with Gasteiger partial charge in [0.15, 0.2) is 5.17 Å². The second-order valence-electron chi connectivity index (χ2n) is 8.39. The third kappa shape index (κ3) is 4.04. The minimum absolute atomic E-state index is 0.0778. The molecule has 1 saturated carbocycles. The van der Waals surface area contributed by atoms with E-state index in [-0.39, 0.29) is 11.9 Å². The highest BCUT2D eigenvalue weighted by Gasteiger charge is 2.38.